The molecule has 0 amide bonds. The summed E-state index contributed by atoms with van der Waals surface area (Å²) in [6.07, 6.45) is 11.1. The lowest BCUT2D eigenvalue weighted by molar-refractivity contribution is 0.0709. The van der Waals surface area contributed by atoms with Gasteiger partial charge in [0.1, 0.15) is 11.4 Å². The summed E-state index contributed by atoms with van der Waals surface area (Å²) >= 11 is 0. The highest BCUT2D eigenvalue weighted by Gasteiger charge is 2.52. The predicted octanol–water partition coefficient (Wildman–Crippen LogP) is 3.61. The normalized spacial score (nSPS) is 21.3. The first kappa shape index (κ1) is 25.6. The van der Waals surface area contributed by atoms with Gasteiger partial charge in [0.2, 0.25) is 5.95 Å². The summed E-state index contributed by atoms with van der Waals surface area (Å²) in [6.45, 7) is 3.66. The zero-order valence-corrected chi connectivity index (χ0v) is 21.0. The van der Waals surface area contributed by atoms with Crippen LogP contribution in [0.3, 0.4) is 0 Å². The number of nitrogens with zero attached hydrogens (tertiary/aromatic N) is 5. The van der Waals surface area contributed by atoms with Crippen LogP contribution in [0.4, 0.5) is 5.95 Å². The Morgan fingerprint density at radius 1 is 1.06 bits per heavy atom. The molecule has 0 spiro atoms. The van der Waals surface area contributed by atoms with Crippen molar-refractivity contribution in [1.29, 1.82) is 0 Å². The lowest BCUT2D eigenvalue weighted by atomic mass is 9.94. The molecule has 188 valence electrons. The van der Waals surface area contributed by atoms with E-state index in [9.17, 15) is 5.11 Å². The van der Waals surface area contributed by atoms with E-state index in [0.717, 1.165) is 56.7 Å². The molecule has 2 aromatic heterocycles. The fourth-order valence-corrected chi connectivity index (χ4v) is 5.32. The summed E-state index contributed by atoms with van der Waals surface area (Å²) < 4.78 is 5.52. The summed E-state index contributed by atoms with van der Waals surface area (Å²) in [4.78, 5) is 6.84. The Hall–Kier alpha value is -2.46. The van der Waals surface area contributed by atoms with Crippen LogP contribution in [0.2, 0.25) is 0 Å². The minimum Gasteiger partial charge on any atom is -0.507 e. The first-order chi connectivity index (χ1) is 16.2. The third kappa shape index (κ3) is 5.23. The third-order valence-corrected chi connectivity index (χ3v) is 7.41. The second-order valence-corrected chi connectivity index (χ2v) is 9.48. The number of aromatic hydroxyl groups is 1. The Morgan fingerprint density at radius 3 is 2.54 bits per heavy atom. The number of phenolic OH excluding ortho intramolecular Hbond substituents is 1. The molecule has 9 nitrogen and oxygen atoms in total. The van der Waals surface area contributed by atoms with Gasteiger partial charge in [-0.15, -0.1) is 35.0 Å². The van der Waals surface area contributed by atoms with Gasteiger partial charge in [0.05, 0.1) is 12.4 Å². The standard InChI is InChI=1S/C24H29N7O2.2ClH/c32-22-11-16(17-12-26-27-13-17)1-2-20(22)21-14-25-23(30-29-21)31-8-3-18(15-31)24(6-7-24)28-19-4-9-33-10-5-19;;/h1-2,11-14,18-19,28,32H,3-10,15H2,(H,26,27);2*1H. The molecule has 3 aliphatic rings. The van der Waals surface area contributed by atoms with E-state index >= 15 is 0 Å². The van der Waals surface area contributed by atoms with Crippen molar-refractivity contribution in [3.8, 4) is 28.1 Å². The molecule has 2 saturated heterocycles. The topological polar surface area (TPSA) is 112 Å². The van der Waals surface area contributed by atoms with Crippen molar-refractivity contribution in [2.24, 2.45) is 5.92 Å². The average Bonchev–Trinajstić information content (AvgIpc) is 3.25. The Balaban J connectivity index is 0.00000144. The number of phenols is 1. The van der Waals surface area contributed by atoms with Crippen LogP contribution in [0.15, 0.2) is 36.8 Å². The molecule has 3 fully saturated rings. The fraction of sp³-hybridized carbons (Fsp3) is 0.500. The fourth-order valence-electron chi connectivity index (χ4n) is 5.32. The number of anilines is 1. The van der Waals surface area contributed by atoms with Crippen molar-refractivity contribution in [1.82, 2.24) is 30.7 Å². The highest BCUT2D eigenvalue weighted by molar-refractivity contribution is 5.85. The van der Waals surface area contributed by atoms with Gasteiger partial charge in [-0.1, -0.05) is 6.07 Å². The van der Waals surface area contributed by atoms with Crippen LogP contribution < -0.4 is 10.2 Å². The van der Waals surface area contributed by atoms with Crippen molar-refractivity contribution in [3.05, 3.63) is 36.8 Å². The maximum absolute atomic E-state index is 10.5. The summed E-state index contributed by atoms with van der Waals surface area (Å²) in [6, 6.07) is 6.07. The first-order valence-corrected chi connectivity index (χ1v) is 11.8. The number of hydrogen-bond acceptors (Lipinski definition) is 8. The van der Waals surface area contributed by atoms with Crippen LogP contribution in [0, 0.1) is 5.92 Å². The molecule has 11 heteroatoms. The zero-order chi connectivity index (χ0) is 22.3. The van der Waals surface area contributed by atoms with Crippen LogP contribution in [0.5, 0.6) is 5.75 Å². The Morgan fingerprint density at radius 2 is 1.89 bits per heavy atom. The molecule has 3 aromatic rings. The van der Waals surface area contributed by atoms with Gasteiger partial charge in [0.15, 0.2) is 0 Å². The largest absolute Gasteiger partial charge is 0.507 e. The van der Waals surface area contributed by atoms with Crippen LogP contribution in [0.25, 0.3) is 22.4 Å². The van der Waals surface area contributed by atoms with Gasteiger partial charge in [-0.2, -0.15) is 5.10 Å². The first-order valence-electron chi connectivity index (χ1n) is 11.8. The van der Waals surface area contributed by atoms with Crippen LogP contribution >= 0.6 is 24.8 Å². The molecule has 6 rings (SSSR count). The van der Waals surface area contributed by atoms with E-state index in [4.69, 9.17) is 4.74 Å². The lowest BCUT2D eigenvalue weighted by Crippen LogP contribution is -2.48. The molecule has 35 heavy (non-hydrogen) atoms. The summed E-state index contributed by atoms with van der Waals surface area (Å²) in [5, 5.41) is 30.0. The van der Waals surface area contributed by atoms with Crippen LogP contribution in [0.1, 0.15) is 32.1 Å². The molecule has 0 radical (unpaired) electrons. The number of aromatic amines is 1. The van der Waals surface area contributed by atoms with Crippen molar-refractivity contribution in [3.63, 3.8) is 0 Å². The minimum absolute atomic E-state index is 0. The van der Waals surface area contributed by atoms with Crippen LogP contribution in [-0.4, -0.2) is 68.4 Å². The van der Waals surface area contributed by atoms with E-state index in [-0.39, 0.29) is 36.1 Å². The molecule has 2 aliphatic heterocycles. The maximum Gasteiger partial charge on any atom is 0.245 e. The molecule has 1 saturated carbocycles. The van der Waals surface area contributed by atoms with E-state index in [0.29, 0.717) is 29.2 Å². The van der Waals surface area contributed by atoms with Gasteiger partial charge in [0.25, 0.3) is 0 Å². The van der Waals surface area contributed by atoms with Gasteiger partial charge >= 0.3 is 0 Å². The molecule has 1 aromatic carbocycles. The maximum atomic E-state index is 10.5. The van der Waals surface area contributed by atoms with Crippen molar-refractivity contribution < 1.29 is 9.84 Å². The van der Waals surface area contributed by atoms with Gasteiger partial charge in [-0.25, -0.2) is 4.98 Å². The molecule has 0 bridgehead atoms. The van der Waals surface area contributed by atoms with Crippen molar-refractivity contribution in [2.75, 3.05) is 31.2 Å². The molecule has 1 atom stereocenters. The SMILES string of the molecule is Cl.Cl.Oc1cc(-c2cn[nH]c2)ccc1-c1cnc(N2CCC(C3(NC4CCOCC4)CC3)C2)nn1. The number of ether oxygens (including phenoxy) is 1. The minimum atomic E-state index is 0. The van der Waals surface area contributed by atoms with E-state index < -0.39 is 0 Å². The number of hydrogen-bond donors (Lipinski definition) is 3. The highest BCUT2D eigenvalue weighted by Crippen LogP contribution is 2.47. The smallest absolute Gasteiger partial charge is 0.245 e. The van der Waals surface area contributed by atoms with E-state index in [1.165, 1.54) is 12.8 Å². The van der Waals surface area contributed by atoms with E-state index in [1.54, 1.807) is 24.7 Å². The zero-order valence-electron chi connectivity index (χ0n) is 19.4. The molecule has 4 heterocycles. The summed E-state index contributed by atoms with van der Waals surface area (Å²) in [5.74, 6) is 1.43. The average molecular weight is 520 g/mol. The number of benzene rings is 1. The van der Waals surface area contributed by atoms with Gasteiger partial charge in [-0.3, -0.25) is 5.10 Å². The summed E-state index contributed by atoms with van der Waals surface area (Å²) in [7, 11) is 0. The number of nitrogens with one attached hydrogen (secondary N) is 2. The quantitative estimate of drug-likeness (QED) is 0.452. The number of halogens is 2. The highest BCUT2D eigenvalue weighted by atomic mass is 35.5. The van der Waals surface area contributed by atoms with E-state index in [1.807, 2.05) is 12.1 Å². The number of aromatic nitrogens is 5. The number of rotatable bonds is 6. The van der Waals surface area contributed by atoms with E-state index in [2.05, 4.69) is 35.6 Å². The second-order valence-electron chi connectivity index (χ2n) is 9.48. The van der Waals surface area contributed by atoms with Gasteiger partial charge in [0, 0.05) is 55.2 Å². The number of H-pyrrole nitrogens is 1. The predicted molar refractivity (Wildman–Crippen MR) is 138 cm³/mol. The van der Waals surface area contributed by atoms with Crippen molar-refractivity contribution >= 4 is 30.8 Å². The lowest BCUT2D eigenvalue weighted by Gasteiger charge is -2.32. The molecular formula is C24H31Cl2N7O2. The van der Waals surface area contributed by atoms with Crippen molar-refractivity contribution in [2.45, 2.75) is 43.7 Å². The molecular weight excluding hydrogens is 489 g/mol. The second kappa shape index (κ2) is 10.7. The third-order valence-electron chi connectivity index (χ3n) is 7.41. The molecule has 3 N–H and O–H groups in total. The van der Waals surface area contributed by atoms with Gasteiger partial charge < -0.3 is 20.1 Å². The Kier molecular flexibility index (Phi) is 7.80. The summed E-state index contributed by atoms with van der Waals surface area (Å²) in [5.41, 5.74) is 3.26. The monoisotopic (exact) mass is 519 g/mol. The molecule has 1 unspecified atom stereocenters. The van der Waals surface area contributed by atoms with Gasteiger partial charge in [-0.05, 0) is 55.7 Å². The Labute approximate surface area is 216 Å². The van der Waals surface area contributed by atoms with Crippen LogP contribution in [-0.2, 0) is 4.74 Å². The Bertz CT molecular complexity index is 1100. The molecule has 1 aliphatic carbocycles.